The molecule has 0 amide bonds. The zero-order chi connectivity index (χ0) is 14.5. The van der Waals surface area contributed by atoms with E-state index in [1.165, 1.54) is 5.56 Å². The Morgan fingerprint density at radius 3 is 2.70 bits per heavy atom. The van der Waals surface area contributed by atoms with Crippen molar-refractivity contribution >= 4 is 23.2 Å². The Bertz CT molecular complexity index is 584. The molecule has 0 saturated heterocycles. The third kappa shape index (κ3) is 3.51. The lowest BCUT2D eigenvalue weighted by atomic mass is 10.00. The second-order valence-electron chi connectivity index (χ2n) is 4.73. The molecule has 0 fully saturated rings. The highest BCUT2D eigenvalue weighted by Crippen LogP contribution is 2.29. The summed E-state index contributed by atoms with van der Waals surface area (Å²) < 4.78 is 0. The molecule has 1 heterocycles. The Morgan fingerprint density at radius 1 is 1.20 bits per heavy atom. The maximum absolute atomic E-state index is 6.28. The Morgan fingerprint density at radius 2 is 2.00 bits per heavy atom. The monoisotopic (exact) mass is 308 g/mol. The van der Waals surface area contributed by atoms with Crippen molar-refractivity contribution in [2.75, 3.05) is 6.54 Å². The van der Waals surface area contributed by atoms with Gasteiger partial charge >= 0.3 is 0 Å². The first kappa shape index (κ1) is 15.3. The van der Waals surface area contributed by atoms with Crippen LogP contribution in [0.15, 0.2) is 36.5 Å². The van der Waals surface area contributed by atoms with Crippen molar-refractivity contribution in [3.63, 3.8) is 0 Å². The van der Waals surface area contributed by atoms with E-state index in [4.69, 9.17) is 23.2 Å². The molecule has 1 aromatic carbocycles. The van der Waals surface area contributed by atoms with Gasteiger partial charge in [-0.15, -0.1) is 0 Å². The molecule has 2 nitrogen and oxygen atoms in total. The minimum absolute atomic E-state index is 0.136. The number of nitrogens with zero attached hydrogens (tertiary/aromatic N) is 1. The topological polar surface area (TPSA) is 24.9 Å². The number of hydrogen-bond acceptors (Lipinski definition) is 2. The largest absolute Gasteiger partial charge is 0.309 e. The molecule has 0 bridgehead atoms. The number of halogens is 2. The molecular formula is C16H18Cl2N2. The molecule has 0 spiro atoms. The van der Waals surface area contributed by atoms with E-state index in [0.717, 1.165) is 24.2 Å². The first-order chi connectivity index (χ1) is 9.63. The van der Waals surface area contributed by atoms with E-state index in [1.54, 1.807) is 0 Å². The van der Waals surface area contributed by atoms with Crippen molar-refractivity contribution in [1.82, 2.24) is 10.3 Å². The van der Waals surface area contributed by atoms with Crippen LogP contribution < -0.4 is 5.32 Å². The summed E-state index contributed by atoms with van der Waals surface area (Å²) in [5.41, 5.74) is 3.28. The minimum Gasteiger partial charge on any atom is -0.309 e. The van der Waals surface area contributed by atoms with Crippen molar-refractivity contribution in [2.24, 2.45) is 0 Å². The lowest BCUT2D eigenvalue weighted by Crippen LogP contribution is -2.24. The molecule has 2 aromatic rings. The van der Waals surface area contributed by atoms with E-state index in [-0.39, 0.29) is 6.04 Å². The summed E-state index contributed by atoms with van der Waals surface area (Å²) in [4.78, 5) is 4.51. The molecule has 0 aliphatic heterocycles. The number of aromatic nitrogens is 1. The van der Waals surface area contributed by atoms with Gasteiger partial charge in [-0.1, -0.05) is 48.3 Å². The Labute approximate surface area is 130 Å². The molecule has 1 atom stereocenters. The third-order valence-electron chi connectivity index (χ3n) is 3.29. The number of hydrogen-bond donors (Lipinski definition) is 1. The third-order valence-corrected chi connectivity index (χ3v) is 4.14. The van der Waals surface area contributed by atoms with Crippen molar-refractivity contribution in [3.05, 3.63) is 63.4 Å². The molecule has 4 heteroatoms. The fourth-order valence-corrected chi connectivity index (χ4v) is 2.70. The summed E-state index contributed by atoms with van der Waals surface area (Å²) in [5, 5.41) is 4.70. The highest BCUT2D eigenvalue weighted by molar-refractivity contribution is 6.42. The Hall–Kier alpha value is -1.09. The summed E-state index contributed by atoms with van der Waals surface area (Å²) in [5.74, 6) is 0. The molecule has 0 aliphatic carbocycles. The smallest absolute Gasteiger partial charge is 0.0625 e. The summed E-state index contributed by atoms with van der Waals surface area (Å²) >= 11 is 12.4. The zero-order valence-electron chi connectivity index (χ0n) is 11.7. The van der Waals surface area contributed by atoms with Crippen molar-refractivity contribution in [2.45, 2.75) is 26.3 Å². The minimum atomic E-state index is 0.136. The van der Waals surface area contributed by atoms with E-state index in [2.05, 4.69) is 30.2 Å². The standard InChI is InChI=1S/C16H18Cl2N2/c1-3-19-14(16-11(2)6-5-9-20-16)10-12-7-4-8-13(17)15(12)18/h4-9,14,19H,3,10H2,1-2H3. The quantitative estimate of drug-likeness (QED) is 0.874. The number of aryl methyl sites for hydroxylation is 1. The summed E-state index contributed by atoms with van der Waals surface area (Å²) in [6.45, 7) is 5.04. The van der Waals surface area contributed by atoms with Crippen LogP contribution in [0.3, 0.4) is 0 Å². The van der Waals surface area contributed by atoms with Gasteiger partial charge in [-0.05, 0) is 43.1 Å². The molecule has 0 saturated carbocycles. The Balaban J connectivity index is 2.31. The number of pyridine rings is 1. The van der Waals surface area contributed by atoms with Crippen LogP contribution in [0, 0.1) is 6.92 Å². The van der Waals surface area contributed by atoms with Crippen LogP contribution in [0.1, 0.15) is 29.8 Å². The second-order valence-corrected chi connectivity index (χ2v) is 5.52. The van der Waals surface area contributed by atoms with Crippen LogP contribution in [-0.2, 0) is 6.42 Å². The van der Waals surface area contributed by atoms with Crippen LogP contribution in [0.25, 0.3) is 0 Å². The maximum Gasteiger partial charge on any atom is 0.0625 e. The highest BCUT2D eigenvalue weighted by Gasteiger charge is 2.16. The van der Waals surface area contributed by atoms with E-state index in [9.17, 15) is 0 Å². The molecule has 0 radical (unpaired) electrons. The van der Waals surface area contributed by atoms with Crippen molar-refractivity contribution < 1.29 is 0 Å². The molecule has 20 heavy (non-hydrogen) atoms. The van der Waals surface area contributed by atoms with Gasteiger partial charge < -0.3 is 5.32 Å². The van der Waals surface area contributed by atoms with E-state index < -0.39 is 0 Å². The fraction of sp³-hybridized carbons (Fsp3) is 0.312. The SMILES string of the molecule is CCNC(Cc1cccc(Cl)c1Cl)c1ncccc1C. The second kappa shape index (κ2) is 7.07. The molecule has 1 aromatic heterocycles. The van der Waals surface area contributed by atoms with Crippen LogP contribution in [0.2, 0.25) is 10.0 Å². The molecular weight excluding hydrogens is 291 g/mol. The Kier molecular flexibility index (Phi) is 5.41. The fourth-order valence-electron chi connectivity index (χ4n) is 2.30. The first-order valence-corrected chi connectivity index (χ1v) is 7.46. The van der Waals surface area contributed by atoms with E-state index >= 15 is 0 Å². The number of rotatable bonds is 5. The van der Waals surface area contributed by atoms with Crippen LogP contribution in [-0.4, -0.2) is 11.5 Å². The summed E-state index contributed by atoms with van der Waals surface area (Å²) in [7, 11) is 0. The first-order valence-electron chi connectivity index (χ1n) is 6.71. The van der Waals surface area contributed by atoms with Gasteiger partial charge in [0.05, 0.1) is 21.8 Å². The van der Waals surface area contributed by atoms with Crippen LogP contribution >= 0.6 is 23.2 Å². The lowest BCUT2D eigenvalue weighted by molar-refractivity contribution is 0.534. The predicted octanol–water partition coefficient (Wildman–Crippen LogP) is 4.59. The number of benzene rings is 1. The zero-order valence-corrected chi connectivity index (χ0v) is 13.2. The van der Waals surface area contributed by atoms with Gasteiger partial charge in [0.25, 0.3) is 0 Å². The van der Waals surface area contributed by atoms with Gasteiger partial charge in [-0.3, -0.25) is 4.98 Å². The summed E-state index contributed by atoms with van der Waals surface area (Å²) in [6.07, 6.45) is 2.59. The van der Waals surface area contributed by atoms with Gasteiger partial charge in [0, 0.05) is 6.20 Å². The van der Waals surface area contributed by atoms with Gasteiger partial charge in [-0.25, -0.2) is 0 Å². The number of likely N-dealkylation sites (N-methyl/N-ethyl adjacent to an activating group) is 1. The maximum atomic E-state index is 6.28. The van der Waals surface area contributed by atoms with Crippen LogP contribution in [0.4, 0.5) is 0 Å². The van der Waals surface area contributed by atoms with Crippen LogP contribution in [0.5, 0.6) is 0 Å². The normalized spacial score (nSPS) is 12.4. The molecule has 1 N–H and O–H groups in total. The predicted molar refractivity (Wildman–Crippen MR) is 85.6 cm³/mol. The molecule has 106 valence electrons. The average Bonchev–Trinajstić information content (AvgIpc) is 2.44. The van der Waals surface area contributed by atoms with E-state index in [1.807, 2.05) is 30.5 Å². The molecule has 1 unspecified atom stereocenters. The van der Waals surface area contributed by atoms with Gasteiger partial charge in [0.2, 0.25) is 0 Å². The van der Waals surface area contributed by atoms with E-state index in [0.29, 0.717) is 10.0 Å². The highest BCUT2D eigenvalue weighted by atomic mass is 35.5. The van der Waals surface area contributed by atoms with Gasteiger partial charge in [-0.2, -0.15) is 0 Å². The average molecular weight is 309 g/mol. The van der Waals surface area contributed by atoms with Crippen molar-refractivity contribution in [3.8, 4) is 0 Å². The molecule has 0 aliphatic rings. The van der Waals surface area contributed by atoms with Gasteiger partial charge in [0.1, 0.15) is 0 Å². The lowest BCUT2D eigenvalue weighted by Gasteiger charge is -2.20. The number of nitrogens with one attached hydrogen (secondary N) is 1. The summed E-state index contributed by atoms with van der Waals surface area (Å²) in [6, 6.07) is 9.91. The molecule has 2 rings (SSSR count). The van der Waals surface area contributed by atoms with Gasteiger partial charge in [0.15, 0.2) is 0 Å². The van der Waals surface area contributed by atoms with Crippen molar-refractivity contribution in [1.29, 1.82) is 0 Å².